The first-order chi connectivity index (χ1) is 33.3. The molecule has 10 rings (SSSR count). The van der Waals surface area contributed by atoms with Crippen LogP contribution in [0.1, 0.15) is 94.6 Å². The molecule has 1 saturated heterocycles. The summed E-state index contributed by atoms with van der Waals surface area (Å²) >= 11 is 0. The van der Waals surface area contributed by atoms with Crippen LogP contribution in [0.3, 0.4) is 0 Å². The summed E-state index contributed by atoms with van der Waals surface area (Å²) in [5, 5.41) is 41.8. The van der Waals surface area contributed by atoms with Crippen molar-refractivity contribution in [1.29, 1.82) is 0 Å². The smallest absolute Gasteiger partial charge is 0.407 e. The largest absolute Gasteiger partial charge is 0.481 e. The molecule has 0 spiro atoms. The van der Waals surface area contributed by atoms with Crippen molar-refractivity contribution >= 4 is 47.0 Å². The minimum Gasteiger partial charge on any atom is -0.481 e. The Morgan fingerprint density at radius 2 is 1.69 bits per heavy atom. The molecule has 19 heteroatoms. The highest BCUT2D eigenvalue weighted by Crippen LogP contribution is 2.71. The summed E-state index contributed by atoms with van der Waals surface area (Å²) in [6.45, 7) is 2.46. The van der Waals surface area contributed by atoms with Crippen molar-refractivity contribution in [3.05, 3.63) is 89.0 Å². The van der Waals surface area contributed by atoms with Crippen molar-refractivity contribution in [3.63, 3.8) is 0 Å². The summed E-state index contributed by atoms with van der Waals surface area (Å²) < 4.78 is 19.0. The van der Waals surface area contributed by atoms with Gasteiger partial charge in [-0.2, -0.15) is 0 Å². The van der Waals surface area contributed by atoms with Gasteiger partial charge in [0, 0.05) is 40.0 Å². The van der Waals surface area contributed by atoms with Crippen LogP contribution in [0.2, 0.25) is 0 Å². The maximum absolute atomic E-state index is 14.0. The van der Waals surface area contributed by atoms with E-state index in [1.54, 1.807) is 36.4 Å². The van der Waals surface area contributed by atoms with Crippen molar-refractivity contribution in [1.82, 2.24) is 16.0 Å². The lowest BCUT2D eigenvalue weighted by Gasteiger charge is -2.70. The van der Waals surface area contributed by atoms with Crippen molar-refractivity contribution in [2.75, 3.05) is 25.1 Å². The Labute approximate surface area is 404 Å². The molecule has 4 amide bonds. The van der Waals surface area contributed by atoms with Gasteiger partial charge >= 0.3 is 12.1 Å². The zero-order chi connectivity index (χ0) is 49.8. The molecule has 6 saturated carbocycles. The van der Waals surface area contributed by atoms with Crippen LogP contribution in [0.5, 0.6) is 0 Å². The van der Waals surface area contributed by atoms with E-state index in [0.29, 0.717) is 24.1 Å². The lowest BCUT2D eigenvalue weighted by Crippen LogP contribution is -2.75. The average molecular weight is 968 g/mol. The number of amides is 4. The van der Waals surface area contributed by atoms with E-state index in [2.05, 4.69) is 33.0 Å². The van der Waals surface area contributed by atoms with Gasteiger partial charge in [0.2, 0.25) is 17.7 Å². The van der Waals surface area contributed by atoms with Gasteiger partial charge in [0.15, 0.2) is 23.5 Å². The zero-order valence-corrected chi connectivity index (χ0v) is 39.2. The average Bonchev–Trinajstić information content (AvgIpc) is 3.81. The minimum atomic E-state index is -1.43. The number of aliphatic hydroxyl groups excluding tert-OH is 2. The van der Waals surface area contributed by atoms with E-state index in [0.717, 1.165) is 55.2 Å². The second kappa shape index (κ2) is 18.7. The summed E-state index contributed by atoms with van der Waals surface area (Å²) in [4.78, 5) is 91.4. The molecule has 2 aromatic rings. The number of ether oxygens (including phenoxy) is 3. The second-order valence-corrected chi connectivity index (χ2v) is 21.1. The van der Waals surface area contributed by atoms with Gasteiger partial charge in [0.1, 0.15) is 25.9 Å². The third-order valence-corrected chi connectivity index (χ3v) is 16.7. The summed E-state index contributed by atoms with van der Waals surface area (Å²) in [5.41, 5.74) is 0.972. The van der Waals surface area contributed by atoms with Crippen LogP contribution < -0.4 is 27.2 Å². The molecule has 19 nitrogen and oxygen atoms in total. The van der Waals surface area contributed by atoms with Crippen molar-refractivity contribution in [3.8, 4) is 0 Å². The quantitative estimate of drug-likeness (QED) is 0.0997. The highest BCUT2D eigenvalue weighted by molar-refractivity contribution is 6.01. The van der Waals surface area contributed by atoms with E-state index in [1.165, 1.54) is 0 Å². The number of aliphatic hydroxyl groups is 2. The monoisotopic (exact) mass is 967 g/mol. The summed E-state index contributed by atoms with van der Waals surface area (Å²) in [7, 11) is 0. The van der Waals surface area contributed by atoms with Gasteiger partial charge in [-0.05, 0) is 110 Å². The number of fused-ring (bicyclic) bond motifs is 7. The van der Waals surface area contributed by atoms with Crippen LogP contribution in [-0.4, -0.2) is 106 Å². The van der Waals surface area contributed by atoms with E-state index < -0.39 is 103 Å². The SMILES string of the molecule is C[C@]12C=CC(=O)C=C1CC[C@@H]1[C@@H]2[C@@H](O)C[C@@]2(C)[C@H]1C[C@H]1O[C@H](c3ccc(CC45CC(NC(=O)OCc6ccc(NC(=O)[C@H](CCC(=O)O)NC(=O)CNC(=O)CON)cc6)(C4)C5)cc3)O[C@]12C(=O)CO. The molecule has 2 aromatic carbocycles. The predicted molar refractivity (Wildman–Crippen MR) is 246 cm³/mol. The number of carboxylic acid groups (broad SMARTS) is 1. The first-order valence-corrected chi connectivity index (χ1v) is 24.0. The third kappa shape index (κ3) is 8.85. The number of carbonyl (C=O) groups is 7. The molecule has 1 heterocycles. The zero-order valence-electron chi connectivity index (χ0n) is 39.2. The van der Waals surface area contributed by atoms with Crippen LogP contribution in [-0.2, 0) is 60.8 Å². The highest BCUT2D eigenvalue weighted by Gasteiger charge is 2.76. The molecule has 8 aliphatic rings. The molecule has 0 radical (unpaired) electrons. The number of Topliss-reactive ketones (excluding diaryl/α,β-unsaturated/α-hetero) is 1. The Morgan fingerprint density at radius 1 is 0.971 bits per heavy atom. The molecule has 9 N–H and O–H groups in total. The maximum Gasteiger partial charge on any atom is 0.407 e. The first-order valence-electron chi connectivity index (χ1n) is 24.0. The van der Waals surface area contributed by atoms with E-state index >= 15 is 0 Å². The molecule has 70 heavy (non-hydrogen) atoms. The highest BCUT2D eigenvalue weighted by atomic mass is 16.7. The van der Waals surface area contributed by atoms with Crippen LogP contribution in [0.4, 0.5) is 10.5 Å². The lowest BCUT2D eigenvalue weighted by atomic mass is 9.38. The number of carboxylic acids is 1. The number of aliphatic carboxylic acids is 1. The number of anilines is 1. The number of nitrogens with two attached hydrogens (primary N) is 1. The Morgan fingerprint density at radius 3 is 2.37 bits per heavy atom. The van der Waals surface area contributed by atoms with Crippen molar-refractivity contribution < 1.29 is 67.9 Å². The lowest BCUT2D eigenvalue weighted by molar-refractivity contribution is -0.201. The first kappa shape index (κ1) is 49.2. The number of hydrogen-bond donors (Lipinski definition) is 8. The van der Waals surface area contributed by atoms with E-state index in [1.807, 2.05) is 37.3 Å². The number of nitrogens with one attached hydrogen (secondary N) is 4. The number of rotatable bonds is 18. The van der Waals surface area contributed by atoms with Gasteiger partial charge in [0.25, 0.3) is 0 Å². The topological polar surface area (TPSA) is 291 Å². The third-order valence-electron chi connectivity index (χ3n) is 16.7. The Hall–Kier alpha value is -5.83. The minimum absolute atomic E-state index is 0.00168. The van der Waals surface area contributed by atoms with E-state index in [-0.39, 0.29) is 47.5 Å². The summed E-state index contributed by atoms with van der Waals surface area (Å²) in [6.07, 6.45) is 7.57. The Kier molecular flexibility index (Phi) is 13.2. The number of carbonyl (C=O) groups excluding carboxylic acids is 6. The number of benzene rings is 2. The molecule has 0 unspecified atom stereocenters. The van der Waals surface area contributed by atoms with Crippen LogP contribution in [0.25, 0.3) is 0 Å². The fourth-order valence-electron chi connectivity index (χ4n) is 13.8. The molecule has 10 atom stereocenters. The molecular formula is C51H61N5O14. The Balaban J connectivity index is 0.741. The summed E-state index contributed by atoms with van der Waals surface area (Å²) in [6, 6.07) is 13.3. The number of allylic oxidation sites excluding steroid dienone is 4. The predicted octanol–water partition coefficient (Wildman–Crippen LogP) is 2.98. The Bertz CT molecular complexity index is 2490. The normalized spacial score (nSPS) is 34.4. The number of hydrogen-bond acceptors (Lipinski definition) is 14. The molecule has 1 aliphatic heterocycles. The maximum atomic E-state index is 14.0. The van der Waals surface area contributed by atoms with Crippen molar-refractivity contribution in [2.45, 2.75) is 120 Å². The van der Waals surface area contributed by atoms with E-state index in [4.69, 9.17) is 25.2 Å². The van der Waals surface area contributed by atoms with Gasteiger partial charge in [-0.25, -0.2) is 10.7 Å². The molecule has 374 valence electrons. The van der Waals surface area contributed by atoms with E-state index in [9.17, 15) is 43.8 Å². The molecule has 0 aromatic heterocycles. The van der Waals surface area contributed by atoms with Gasteiger partial charge < -0.3 is 50.8 Å². The number of alkyl carbamates (subject to hydrolysis) is 1. The summed E-state index contributed by atoms with van der Waals surface area (Å²) in [5.74, 6) is 1.13. The van der Waals surface area contributed by atoms with Crippen LogP contribution in [0.15, 0.2) is 72.3 Å². The fourth-order valence-corrected chi connectivity index (χ4v) is 13.8. The van der Waals surface area contributed by atoms with Crippen LogP contribution >= 0.6 is 0 Å². The second-order valence-electron chi connectivity index (χ2n) is 21.1. The number of ketones is 2. The fraction of sp³-hybridized carbons (Fsp3) is 0.549. The van der Waals surface area contributed by atoms with Crippen molar-refractivity contribution in [2.24, 2.45) is 39.9 Å². The standard InChI is InChI=1S/C51H61N5O14/c1-47-16-15-33(58)17-31(47)9-12-34-35-18-39-51(38(60)22-57,48(35,2)20-37(59)43(34)47)70-45(69-39)30-7-3-28(4-8-30)19-49-25-50(26-49,27-49)56-46(66)67-23-29-5-10-32(11-6-29)54-44(65)36(13-14-42(63)64)55-40(61)21-53-41(62)24-68-52/h3-8,10-11,15-17,34-37,39,43,45,57,59H,9,12-14,18-27,52H2,1-2H3,(H,53,62)(H,54,65)(H,55,61)(H,56,66)(H,63,64)/t34-,35-,36-,37-,39+,43+,45-,47-,48-,49?,50?,51+/m0/s1. The van der Waals surface area contributed by atoms with Gasteiger partial charge in [-0.1, -0.05) is 61.9 Å². The van der Waals surface area contributed by atoms with Gasteiger partial charge in [-0.3, -0.25) is 33.6 Å². The van der Waals surface area contributed by atoms with Gasteiger partial charge in [0.05, 0.1) is 18.8 Å². The molecule has 7 fully saturated rings. The molecular weight excluding hydrogens is 907 g/mol. The van der Waals surface area contributed by atoms with Crippen LogP contribution in [0, 0.1) is 34.0 Å². The molecule has 2 bridgehead atoms. The molecule has 7 aliphatic carbocycles. The van der Waals surface area contributed by atoms with Gasteiger partial charge in [-0.15, -0.1) is 0 Å².